The Morgan fingerprint density at radius 1 is 1.30 bits per heavy atom. The van der Waals surface area contributed by atoms with E-state index in [0.717, 1.165) is 17.8 Å². The summed E-state index contributed by atoms with van der Waals surface area (Å²) < 4.78 is 43.4. The lowest BCUT2D eigenvalue weighted by Crippen LogP contribution is -2.27. The first-order chi connectivity index (χ1) is 12.8. The normalized spacial score (nSPS) is 17.2. The molecule has 1 amide bonds. The zero-order valence-electron chi connectivity index (χ0n) is 14.4. The number of carbonyl (C=O) groups excluding carboxylic acids is 1. The minimum Gasteiger partial charge on any atom is -0.472 e. The monoisotopic (exact) mass is 380 g/mol. The predicted octanol–water partition coefficient (Wildman–Crippen LogP) is 2.32. The molecule has 0 saturated carbocycles. The van der Waals surface area contributed by atoms with Crippen molar-refractivity contribution in [2.24, 2.45) is 11.5 Å². The molecule has 6 nitrogen and oxygen atoms in total. The SMILES string of the molecule is NCc1ccc(N2CC[C@H](Oc3ccc(C(F)(F)F)cn3)C2)c(C(N)=O)c1. The quantitative estimate of drug-likeness (QED) is 0.830. The zero-order valence-corrected chi connectivity index (χ0v) is 14.4. The molecule has 1 aliphatic heterocycles. The van der Waals surface area contributed by atoms with Gasteiger partial charge >= 0.3 is 6.18 Å². The Morgan fingerprint density at radius 3 is 2.67 bits per heavy atom. The number of nitrogens with zero attached hydrogens (tertiary/aromatic N) is 2. The van der Waals surface area contributed by atoms with E-state index in [1.54, 1.807) is 12.1 Å². The van der Waals surface area contributed by atoms with E-state index in [4.69, 9.17) is 16.2 Å². The number of benzene rings is 1. The third-order valence-electron chi connectivity index (χ3n) is 4.40. The van der Waals surface area contributed by atoms with Gasteiger partial charge in [-0.15, -0.1) is 0 Å². The van der Waals surface area contributed by atoms with Gasteiger partial charge < -0.3 is 21.1 Å². The highest BCUT2D eigenvalue weighted by Crippen LogP contribution is 2.30. The van der Waals surface area contributed by atoms with E-state index < -0.39 is 17.6 Å². The summed E-state index contributed by atoms with van der Waals surface area (Å²) in [5, 5.41) is 0. The molecule has 0 bridgehead atoms. The van der Waals surface area contributed by atoms with Gasteiger partial charge in [0.05, 0.1) is 17.7 Å². The number of hydrogen-bond acceptors (Lipinski definition) is 5. The zero-order chi connectivity index (χ0) is 19.6. The molecule has 27 heavy (non-hydrogen) atoms. The molecule has 0 radical (unpaired) electrons. The Labute approximate surface area is 153 Å². The van der Waals surface area contributed by atoms with E-state index in [2.05, 4.69) is 4.98 Å². The second-order valence-electron chi connectivity index (χ2n) is 6.28. The number of alkyl halides is 3. The largest absolute Gasteiger partial charge is 0.472 e. The van der Waals surface area contributed by atoms with Crippen molar-refractivity contribution in [1.82, 2.24) is 4.98 Å². The molecule has 1 aromatic heterocycles. The van der Waals surface area contributed by atoms with Gasteiger partial charge in [0.1, 0.15) is 6.10 Å². The van der Waals surface area contributed by atoms with Gasteiger partial charge in [0, 0.05) is 37.5 Å². The van der Waals surface area contributed by atoms with Gasteiger partial charge in [0.25, 0.3) is 5.91 Å². The molecule has 1 aromatic carbocycles. The molecule has 1 aliphatic rings. The number of aromatic nitrogens is 1. The number of amides is 1. The number of rotatable bonds is 5. The maximum atomic E-state index is 12.6. The summed E-state index contributed by atoms with van der Waals surface area (Å²) in [5.41, 5.74) is 12.1. The lowest BCUT2D eigenvalue weighted by atomic mass is 10.1. The van der Waals surface area contributed by atoms with Crippen LogP contribution in [0.4, 0.5) is 18.9 Å². The van der Waals surface area contributed by atoms with Crippen LogP contribution in [0.5, 0.6) is 5.88 Å². The van der Waals surface area contributed by atoms with Crippen molar-refractivity contribution in [1.29, 1.82) is 0 Å². The molecule has 1 atom stereocenters. The molecule has 0 aliphatic carbocycles. The Balaban J connectivity index is 1.69. The molecule has 1 fully saturated rings. The third-order valence-corrected chi connectivity index (χ3v) is 4.40. The highest BCUT2D eigenvalue weighted by molar-refractivity contribution is 5.99. The Bertz CT molecular complexity index is 824. The maximum absolute atomic E-state index is 12.6. The van der Waals surface area contributed by atoms with Gasteiger partial charge in [0.15, 0.2) is 0 Å². The van der Waals surface area contributed by atoms with Gasteiger partial charge in [-0.2, -0.15) is 13.2 Å². The molecule has 0 unspecified atom stereocenters. The van der Waals surface area contributed by atoms with E-state index in [9.17, 15) is 18.0 Å². The van der Waals surface area contributed by atoms with Crippen LogP contribution < -0.4 is 21.1 Å². The van der Waals surface area contributed by atoms with Gasteiger partial charge in [0.2, 0.25) is 5.88 Å². The van der Waals surface area contributed by atoms with Crippen LogP contribution >= 0.6 is 0 Å². The van der Waals surface area contributed by atoms with Crippen LogP contribution in [0, 0.1) is 0 Å². The van der Waals surface area contributed by atoms with E-state index in [1.807, 2.05) is 11.0 Å². The summed E-state index contributed by atoms with van der Waals surface area (Å²) in [6.45, 7) is 1.38. The van der Waals surface area contributed by atoms with Crippen LogP contribution in [0.2, 0.25) is 0 Å². The van der Waals surface area contributed by atoms with Crippen molar-refractivity contribution in [3.63, 3.8) is 0 Å². The summed E-state index contributed by atoms with van der Waals surface area (Å²) in [6.07, 6.45) is -3.31. The van der Waals surface area contributed by atoms with Crippen molar-refractivity contribution < 1.29 is 22.7 Å². The Morgan fingerprint density at radius 2 is 2.07 bits per heavy atom. The van der Waals surface area contributed by atoms with Crippen LogP contribution in [0.3, 0.4) is 0 Å². The molecular weight excluding hydrogens is 361 g/mol. The number of carbonyl (C=O) groups is 1. The van der Waals surface area contributed by atoms with Crippen LogP contribution in [0.15, 0.2) is 36.5 Å². The second-order valence-corrected chi connectivity index (χ2v) is 6.28. The lowest BCUT2D eigenvalue weighted by Gasteiger charge is -2.21. The molecule has 0 spiro atoms. The topological polar surface area (TPSA) is 94.5 Å². The first-order valence-corrected chi connectivity index (χ1v) is 8.35. The van der Waals surface area contributed by atoms with Crippen molar-refractivity contribution >= 4 is 11.6 Å². The molecule has 4 N–H and O–H groups in total. The number of hydrogen-bond donors (Lipinski definition) is 2. The average Bonchev–Trinajstić information content (AvgIpc) is 3.09. The van der Waals surface area contributed by atoms with E-state index in [0.29, 0.717) is 37.3 Å². The summed E-state index contributed by atoms with van der Waals surface area (Å²) in [4.78, 5) is 17.4. The number of pyridine rings is 1. The number of primary amides is 1. The van der Waals surface area contributed by atoms with Crippen LogP contribution in [0.25, 0.3) is 0 Å². The lowest BCUT2D eigenvalue weighted by molar-refractivity contribution is -0.137. The molecular formula is C18H19F3N4O2. The van der Waals surface area contributed by atoms with E-state index in [1.165, 1.54) is 6.07 Å². The van der Waals surface area contributed by atoms with Crippen molar-refractivity contribution in [3.05, 3.63) is 53.2 Å². The second kappa shape index (κ2) is 7.43. The first-order valence-electron chi connectivity index (χ1n) is 8.35. The minimum atomic E-state index is -4.43. The van der Waals surface area contributed by atoms with Crippen molar-refractivity contribution in [3.8, 4) is 5.88 Å². The Kier molecular flexibility index (Phi) is 5.22. The van der Waals surface area contributed by atoms with E-state index >= 15 is 0 Å². The number of nitrogens with two attached hydrogens (primary N) is 2. The molecule has 2 aromatic rings. The fourth-order valence-corrected chi connectivity index (χ4v) is 3.01. The van der Waals surface area contributed by atoms with Crippen LogP contribution in [-0.4, -0.2) is 30.1 Å². The summed E-state index contributed by atoms with van der Waals surface area (Å²) in [6, 6.07) is 7.43. The van der Waals surface area contributed by atoms with Gasteiger partial charge in [-0.3, -0.25) is 4.79 Å². The number of ether oxygens (including phenoxy) is 1. The number of halogens is 3. The molecule has 144 valence electrons. The van der Waals surface area contributed by atoms with Gasteiger partial charge in [-0.25, -0.2) is 4.98 Å². The fraction of sp³-hybridized carbons (Fsp3) is 0.333. The summed E-state index contributed by atoms with van der Waals surface area (Å²) in [5.74, 6) is -0.419. The van der Waals surface area contributed by atoms with Gasteiger partial charge in [-0.1, -0.05) is 6.07 Å². The Hall–Kier alpha value is -2.81. The highest BCUT2D eigenvalue weighted by Gasteiger charge is 2.31. The summed E-state index contributed by atoms with van der Waals surface area (Å²) >= 11 is 0. The number of anilines is 1. The van der Waals surface area contributed by atoms with E-state index in [-0.39, 0.29) is 12.0 Å². The predicted molar refractivity (Wildman–Crippen MR) is 93.3 cm³/mol. The standard InChI is InChI=1S/C18H19F3N4O2/c19-18(20,21)12-2-4-16(24-9-12)27-13-5-6-25(10-13)15-3-1-11(8-22)7-14(15)17(23)26/h1-4,7,9,13H,5-6,8,10,22H2,(H2,23,26)/t13-/m0/s1. The molecule has 3 rings (SSSR count). The minimum absolute atomic E-state index is 0.128. The van der Waals surface area contributed by atoms with Crippen LogP contribution in [-0.2, 0) is 12.7 Å². The van der Waals surface area contributed by atoms with Gasteiger partial charge in [-0.05, 0) is 23.8 Å². The van der Waals surface area contributed by atoms with Crippen molar-refractivity contribution in [2.45, 2.75) is 25.2 Å². The first kappa shape index (κ1) is 19.0. The smallest absolute Gasteiger partial charge is 0.417 e. The molecule has 9 heteroatoms. The van der Waals surface area contributed by atoms with Crippen LogP contribution in [0.1, 0.15) is 27.9 Å². The average molecular weight is 380 g/mol. The van der Waals surface area contributed by atoms with Crippen molar-refractivity contribution in [2.75, 3.05) is 18.0 Å². The third kappa shape index (κ3) is 4.30. The maximum Gasteiger partial charge on any atom is 0.417 e. The fourth-order valence-electron chi connectivity index (χ4n) is 3.01. The molecule has 1 saturated heterocycles. The molecule has 2 heterocycles. The summed E-state index contributed by atoms with van der Waals surface area (Å²) in [7, 11) is 0. The highest BCUT2D eigenvalue weighted by atomic mass is 19.4.